The van der Waals surface area contributed by atoms with E-state index in [9.17, 15) is 4.79 Å². The number of aliphatic carboxylic acids is 1. The molecule has 2 fully saturated rings. The van der Waals surface area contributed by atoms with Gasteiger partial charge >= 0.3 is 5.97 Å². The maximum absolute atomic E-state index is 11.0. The third kappa shape index (κ3) is 5.03. The van der Waals surface area contributed by atoms with Gasteiger partial charge in [0.1, 0.15) is 0 Å². The van der Waals surface area contributed by atoms with E-state index in [1.54, 1.807) is 0 Å². The van der Waals surface area contributed by atoms with E-state index in [1.165, 1.54) is 44.9 Å². The predicted molar refractivity (Wildman–Crippen MR) is 91.5 cm³/mol. The highest BCUT2D eigenvalue weighted by Gasteiger charge is 2.24. The van der Waals surface area contributed by atoms with Crippen molar-refractivity contribution in [3.05, 3.63) is 11.9 Å². The summed E-state index contributed by atoms with van der Waals surface area (Å²) in [6.45, 7) is 3.44. The van der Waals surface area contributed by atoms with Crippen molar-refractivity contribution in [2.24, 2.45) is 11.8 Å². The van der Waals surface area contributed by atoms with E-state index in [0.717, 1.165) is 50.6 Å². The van der Waals surface area contributed by atoms with Gasteiger partial charge in [-0.1, -0.05) is 43.7 Å². The van der Waals surface area contributed by atoms with Gasteiger partial charge in [0, 0.05) is 19.3 Å². The summed E-state index contributed by atoms with van der Waals surface area (Å²) in [4.78, 5) is 13.3. The Hall–Kier alpha value is -1.43. The standard InChI is InChI=1S/C18H30N4O2/c23-18(24)16-8-10-21(11-9-16)13-17-14-22(20-19-17)12-7-15-5-3-1-2-4-6-15/h14-16H,1-13H2,(H,23,24). The minimum absolute atomic E-state index is 0.170. The summed E-state index contributed by atoms with van der Waals surface area (Å²) in [7, 11) is 0. The summed E-state index contributed by atoms with van der Waals surface area (Å²) >= 11 is 0. The molecule has 0 radical (unpaired) electrons. The zero-order valence-corrected chi connectivity index (χ0v) is 14.6. The normalized spacial score (nSPS) is 21.7. The molecule has 3 rings (SSSR count). The first kappa shape index (κ1) is 17.4. The second kappa shape index (κ2) is 8.60. The summed E-state index contributed by atoms with van der Waals surface area (Å²) in [5, 5.41) is 17.6. The molecular weight excluding hydrogens is 304 g/mol. The summed E-state index contributed by atoms with van der Waals surface area (Å²) in [5.41, 5.74) is 1.00. The molecule has 0 atom stereocenters. The van der Waals surface area contributed by atoms with Crippen LogP contribution >= 0.6 is 0 Å². The highest BCUT2D eigenvalue weighted by atomic mass is 16.4. The molecule has 2 heterocycles. The lowest BCUT2D eigenvalue weighted by atomic mass is 9.97. The van der Waals surface area contributed by atoms with E-state index in [0.29, 0.717) is 0 Å². The zero-order chi connectivity index (χ0) is 16.8. The van der Waals surface area contributed by atoms with Gasteiger partial charge in [0.05, 0.1) is 11.6 Å². The van der Waals surface area contributed by atoms with Gasteiger partial charge in [0.15, 0.2) is 0 Å². The average Bonchev–Trinajstić information content (AvgIpc) is 2.86. The van der Waals surface area contributed by atoms with Crippen LogP contribution in [0.5, 0.6) is 0 Å². The number of nitrogens with zero attached hydrogens (tertiary/aromatic N) is 4. The Kier molecular flexibility index (Phi) is 6.24. The number of carboxylic acids is 1. The Labute approximate surface area is 144 Å². The van der Waals surface area contributed by atoms with Crippen molar-refractivity contribution >= 4 is 5.97 Å². The Morgan fingerprint density at radius 3 is 2.50 bits per heavy atom. The van der Waals surface area contributed by atoms with Gasteiger partial charge < -0.3 is 5.11 Å². The Morgan fingerprint density at radius 1 is 1.12 bits per heavy atom. The molecule has 6 nitrogen and oxygen atoms in total. The van der Waals surface area contributed by atoms with Crippen LogP contribution in [0.15, 0.2) is 6.20 Å². The molecule has 0 amide bonds. The van der Waals surface area contributed by atoms with Gasteiger partial charge in [0.2, 0.25) is 0 Å². The van der Waals surface area contributed by atoms with Crippen LogP contribution in [0.1, 0.15) is 63.5 Å². The number of rotatable bonds is 6. The van der Waals surface area contributed by atoms with Gasteiger partial charge in [-0.2, -0.15) is 0 Å². The maximum atomic E-state index is 11.0. The van der Waals surface area contributed by atoms with Crippen LogP contribution in [0, 0.1) is 11.8 Å². The number of hydrogen-bond acceptors (Lipinski definition) is 4. The quantitative estimate of drug-likeness (QED) is 0.810. The van der Waals surface area contributed by atoms with Crippen LogP contribution < -0.4 is 0 Å². The van der Waals surface area contributed by atoms with Crippen LogP contribution in [0.3, 0.4) is 0 Å². The third-order valence-electron chi connectivity index (χ3n) is 5.65. The Bertz CT molecular complexity index is 515. The first-order chi connectivity index (χ1) is 11.7. The summed E-state index contributed by atoms with van der Waals surface area (Å²) in [5.74, 6) is 0.0332. The van der Waals surface area contributed by atoms with Crippen LogP contribution in [0.2, 0.25) is 0 Å². The molecule has 0 spiro atoms. The van der Waals surface area contributed by atoms with Crippen LogP contribution in [0.25, 0.3) is 0 Å². The summed E-state index contributed by atoms with van der Waals surface area (Å²) in [6.07, 6.45) is 13.1. The molecule has 1 saturated heterocycles. The van der Waals surface area contributed by atoms with E-state index in [1.807, 2.05) is 4.68 Å². The van der Waals surface area contributed by atoms with E-state index < -0.39 is 5.97 Å². The van der Waals surface area contributed by atoms with Gasteiger partial charge in [-0.05, 0) is 38.3 Å². The molecule has 1 aromatic rings. The molecule has 24 heavy (non-hydrogen) atoms. The minimum atomic E-state index is -0.654. The molecule has 1 saturated carbocycles. The largest absolute Gasteiger partial charge is 0.481 e. The van der Waals surface area contributed by atoms with Gasteiger partial charge in [-0.15, -0.1) is 5.10 Å². The molecule has 1 N–H and O–H groups in total. The smallest absolute Gasteiger partial charge is 0.306 e. The Balaban J connectivity index is 1.41. The molecule has 2 aliphatic rings. The number of aryl methyl sites for hydroxylation is 1. The van der Waals surface area contributed by atoms with Crippen molar-refractivity contribution in [2.45, 2.75) is 70.9 Å². The molecule has 6 heteroatoms. The van der Waals surface area contributed by atoms with Crippen LogP contribution in [-0.4, -0.2) is 44.1 Å². The molecule has 0 unspecified atom stereocenters. The lowest BCUT2D eigenvalue weighted by Gasteiger charge is -2.29. The van der Waals surface area contributed by atoms with Crippen molar-refractivity contribution in [2.75, 3.05) is 13.1 Å². The summed E-state index contributed by atoms with van der Waals surface area (Å²) < 4.78 is 1.99. The van der Waals surface area contributed by atoms with Crippen molar-refractivity contribution in [1.82, 2.24) is 19.9 Å². The van der Waals surface area contributed by atoms with Crippen LogP contribution in [-0.2, 0) is 17.9 Å². The molecule has 0 aromatic carbocycles. The second-order valence-corrected chi connectivity index (χ2v) is 7.51. The zero-order valence-electron chi connectivity index (χ0n) is 14.6. The average molecular weight is 334 g/mol. The van der Waals surface area contributed by atoms with Crippen molar-refractivity contribution < 1.29 is 9.90 Å². The maximum Gasteiger partial charge on any atom is 0.306 e. The van der Waals surface area contributed by atoms with Crippen molar-refractivity contribution in [3.63, 3.8) is 0 Å². The first-order valence-electron chi connectivity index (χ1n) is 9.55. The van der Waals surface area contributed by atoms with E-state index in [4.69, 9.17) is 5.11 Å². The molecule has 0 bridgehead atoms. The van der Waals surface area contributed by atoms with Crippen LogP contribution in [0.4, 0.5) is 0 Å². The molecular formula is C18H30N4O2. The fourth-order valence-electron chi connectivity index (χ4n) is 4.05. The molecule has 1 aromatic heterocycles. The van der Waals surface area contributed by atoms with E-state index >= 15 is 0 Å². The number of hydrogen-bond donors (Lipinski definition) is 1. The number of likely N-dealkylation sites (tertiary alicyclic amines) is 1. The molecule has 1 aliphatic carbocycles. The third-order valence-corrected chi connectivity index (χ3v) is 5.65. The van der Waals surface area contributed by atoms with Gasteiger partial charge in [0.25, 0.3) is 0 Å². The number of piperidine rings is 1. The summed E-state index contributed by atoms with van der Waals surface area (Å²) in [6, 6.07) is 0. The number of aromatic nitrogens is 3. The SMILES string of the molecule is O=C(O)C1CCN(Cc2cn(CCC3CCCCCC3)nn2)CC1. The topological polar surface area (TPSA) is 71.2 Å². The Morgan fingerprint density at radius 2 is 1.83 bits per heavy atom. The monoisotopic (exact) mass is 334 g/mol. The lowest BCUT2D eigenvalue weighted by molar-refractivity contribution is -0.143. The fourth-order valence-corrected chi connectivity index (χ4v) is 4.05. The first-order valence-corrected chi connectivity index (χ1v) is 9.55. The van der Waals surface area contributed by atoms with E-state index in [2.05, 4.69) is 21.4 Å². The lowest BCUT2D eigenvalue weighted by Crippen LogP contribution is -2.35. The van der Waals surface area contributed by atoms with Crippen molar-refractivity contribution in [1.29, 1.82) is 0 Å². The number of carboxylic acid groups (broad SMARTS) is 1. The highest BCUT2D eigenvalue weighted by Crippen LogP contribution is 2.25. The molecule has 134 valence electrons. The highest BCUT2D eigenvalue weighted by molar-refractivity contribution is 5.70. The second-order valence-electron chi connectivity index (χ2n) is 7.51. The van der Waals surface area contributed by atoms with Gasteiger partial charge in [-0.25, -0.2) is 0 Å². The minimum Gasteiger partial charge on any atom is -0.481 e. The van der Waals surface area contributed by atoms with E-state index in [-0.39, 0.29) is 5.92 Å². The van der Waals surface area contributed by atoms with Crippen molar-refractivity contribution in [3.8, 4) is 0 Å². The fraction of sp³-hybridized carbons (Fsp3) is 0.833. The molecule has 1 aliphatic heterocycles. The number of carbonyl (C=O) groups is 1. The predicted octanol–water partition coefficient (Wildman–Crippen LogP) is 2.94. The van der Waals surface area contributed by atoms with Gasteiger partial charge in [-0.3, -0.25) is 14.4 Å².